The van der Waals surface area contributed by atoms with Gasteiger partial charge >= 0.3 is 0 Å². The van der Waals surface area contributed by atoms with Crippen LogP contribution in [0.2, 0.25) is 0 Å². The van der Waals surface area contributed by atoms with Gasteiger partial charge in [-0.05, 0) is 17.0 Å². The van der Waals surface area contributed by atoms with Crippen molar-refractivity contribution in [1.82, 2.24) is 4.98 Å². The summed E-state index contributed by atoms with van der Waals surface area (Å²) in [6.45, 7) is 0. The molecule has 3 rings (SSSR count). The van der Waals surface area contributed by atoms with E-state index in [4.69, 9.17) is 5.73 Å². The molecule has 0 amide bonds. The van der Waals surface area contributed by atoms with Crippen molar-refractivity contribution in [2.24, 2.45) is 5.73 Å². The van der Waals surface area contributed by atoms with Gasteiger partial charge in [-0.3, -0.25) is 0 Å². The van der Waals surface area contributed by atoms with Gasteiger partial charge in [0.05, 0.1) is 11.7 Å². The fourth-order valence-corrected chi connectivity index (χ4v) is 3.28. The van der Waals surface area contributed by atoms with E-state index in [-0.39, 0.29) is 6.04 Å². The summed E-state index contributed by atoms with van der Waals surface area (Å²) in [5.74, 6) is 0. The molecule has 0 bridgehead atoms. The summed E-state index contributed by atoms with van der Waals surface area (Å²) >= 11 is 3.30. The Morgan fingerprint density at radius 3 is 2.61 bits per heavy atom. The van der Waals surface area contributed by atoms with Crippen LogP contribution in [0, 0.1) is 0 Å². The number of thiazole rings is 1. The van der Waals surface area contributed by atoms with Gasteiger partial charge < -0.3 is 5.73 Å². The minimum absolute atomic E-state index is 0.136. The molecule has 2 heterocycles. The molecule has 0 saturated heterocycles. The topological polar surface area (TPSA) is 38.9 Å². The zero-order valence-corrected chi connectivity index (χ0v) is 11.2. The Labute approximate surface area is 114 Å². The van der Waals surface area contributed by atoms with Crippen molar-refractivity contribution < 1.29 is 0 Å². The van der Waals surface area contributed by atoms with E-state index in [1.165, 1.54) is 5.56 Å². The van der Waals surface area contributed by atoms with Crippen molar-refractivity contribution in [3.05, 3.63) is 63.1 Å². The van der Waals surface area contributed by atoms with E-state index in [0.717, 1.165) is 16.3 Å². The van der Waals surface area contributed by atoms with Crippen LogP contribution in [0.15, 0.2) is 52.5 Å². The highest BCUT2D eigenvalue weighted by Gasteiger charge is 2.13. The fraction of sp³-hybridized carbons (Fsp3) is 0.0714. The molecule has 0 saturated carbocycles. The summed E-state index contributed by atoms with van der Waals surface area (Å²) in [7, 11) is 0. The van der Waals surface area contributed by atoms with Crippen LogP contribution < -0.4 is 5.73 Å². The van der Waals surface area contributed by atoms with E-state index in [9.17, 15) is 0 Å². The van der Waals surface area contributed by atoms with Crippen LogP contribution in [0.4, 0.5) is 0 Å². The third-order valence-electron chi connectivity index (χ3n) is 2.76. The predicted octanol–water partition coefficient (Wildman–Crippen LogP) is 3.92. The zero-order valence-electron chi connectivity index (χ0n) is 9.61. The number of hydrogen-bond acceptors (Lipinski definition) is 4. The number of nitrogens with two attached hydrogens (primary N) is 1. The number of nitrogens with zero attached hydrogens (tertiary/aromatic N) is 1. The van der Waals surface area contributed by atoms with Gasteiger partial charge in [-0.25, -0.2) is 4.98 Å². The van der Waals surface area contributed by atoms with E-state index in [0.29, 0.717) is 0 Å². The standard InChI is InChI=1S/C14H12N2S2/c15-13(10-4-2-1-3-5-10)14-16-12(9-18-14)11-6-7-17-8-11/h1-9,13H,15H2. The summed E-state index contributed by atoms with van der Waals surface area (Å²) in [4.78, 5) is 4.63. The van der Waals surface area contributed by atoms with Crippen LogP contribution in [0.5, 0.6) is 0 Å². The minimum atomic E-state index is -0.136. The first kappa shape index (κ1) is 11.6. The van der Waals surface area contributed by atoms with E-state index in [2.05, 4.69) is 27.2 Å². The van der Waals surface area contributed by atoms with Crippen LogP contribution in [0.3, 0.4) is 0 Å². The lowest BCUT2D eigenvalue weighted by atomic mass is 10.1. The van der Waals surface area contributed by atoms with Crippen LogP contribution in [-0.4, -0.2) is 4.98 Å². The minimum Gasteiger partial charge on any atom is -0.318 e. The molecule has 18 heavy (non-hydrogen) atoms. The van der Waals surface area contributed by atoms with Crippen LogP contribution in [0.1, 0.15) is 16.6 Å². The van der Waals surface area contributed by atoms with Crippen molar-refractivity contribution in [3.8, 4) is 11.3 Å². The molecule has 90 valence electrons. The van der Waals surface area contributed by atoms with Crippen LogP contribution >= 0.6 is 22.7 Å². The second-order valence-electron chi connectivity index (χ2n) is 3.97. The van der Waals surface area contributed by atoms with Gasteiger partial charge in [0.2, 0.25) is 0 Å². The average molecular weight is 272 g/mol. The van der Waals surface area contributed by atoms with Crippen molar-refractivity contribution >= 4 is 22.7 Å². The lowest BCUT2D eigenvalue weighted by Crippen LogP contribution is -2.11. The van der Waals surface area contributed by atoms with Crippen molar-refractivity contribution in [3.63, 3.8) is 0 Å². The van der Waals surface area contributed by atoms with Gasteiger partial charge in [0.15, 0.2) is 0 Å². The maximum Gasteiger partial charge on any atom is 0.115 e. The first-order valence-corrected chi connectivity index (χ1v) is 7.45. The molecule has 0 aliphatic rings. The van der Waals surface area contributed by atoms with E-state index in [1.54, 1.807) is 22.7 Å². The molecule has 2 aromatic heterocycles. The Balaban J connectivity index is 1.90. The third kappa shape index (κ3) is 2.22. The number of benzene rings is 1. The van der Waals surface area contributed by atoms with Gasteiger partial charge in [-0.15, -0.1) is 11.3 Å². The van der Waals surface area contributed by atoms with E-state index >= 15 is 0 Å². The summed E-state index contributed by atoms with van der Waals surface area (Å²) in [5.41, 5.74) is 9.52. The molecular formula is C14H12N2S2. The molecule has 1 aromatic carbocycles. The number of rotatable bonds is 3. The molecule has 3 aromatic rings. The number of aromatic nitrogens is 1. The van der Waals surface area contributed by atoms with Gasteiger partial charge in [0.1, 0.15) is 5.01 Å². The first-order chi connectivity index (χ1) is 8.84. The smallest absolute Gasteiger partial charge is 0.115 e. The Hall–Kier alpha value is -1.49. The predicted molar refractivity (Wildman–Crippen MR) is 77.9 cm³/mol. The Morgan fingerprint density at radius 1 is 1.06 bits per heavy atom. The lowest BCUT2D eigenvalue weighted by molar-refractivity contribution is 0.859. The zero-order chi connectivity index (χ0) is 12.4. The van der Waals surface area contributed by atoms with Crippen molar-refractivity contribution in [2.45, 2.75) is 6.04 Å². The number of hydrogen-bond donors (Lipinski definition) is 1. The summed E-state index contributed by atoms with van der Waals surface area (Å²) < 4.78 is 0. The van der Waals surface area contributed by atoms with Gasteiger partial charge in [0, 0.05) is 16.3 Å². The monoisotopic (exact) mass is 272 g/mol. The molecule has 0 fully saturated rings. The molecule has 1 unspecified atom stereocenters. The van der Waals surface area contributed by atoms with Gasteiger partial charge in [-0.2, -0.15) is 11.3 Å². The van der Waals surface area contributed by atoms with E-state index < -0.39 is 0 Å². The van der Waals surface area contributed by atoms with Crippen LogP contribution in [-0.2, 0) is 0 Å². The summed E-state index contributed by atoms with van der Waals surface area (Å²) in [5, 5.41) is 7.20. The second-order valence-corrected chi connectivity index (χ2v) is 5.64. The molecule has 0 spiro atoms. The third-order valence-corrected chi connectivity index (χ3v) is 4.37. The second kappa shape index (κ2) is 5.02. The van der Waals surface area contributed by atoms with Gasteiger partial charge in [-0.1, -0.05) is 30.3 Å². The molecule has 4 heteroatoms. The van der Waals surface area contributed by atoms with Crippen LogP contribution in [0.25, 0.3) is 11.3 Å². The maximum absolute atomic E-state index is 6.23. The normalized spacial score (nSPS) is 12.5. The highest BCUT2D eigenvalue weighted by Crippen LogP contribution is 2.28. The van der Waals surface area contributed by atoms with Crippen molar-refractivity contribution in [2.75, 3.05) is 0 Å². The molecule has 0 aliphatic carbocycles. The average Bonchev–Trinajstić information content (AvgIpc) is 3.09. The molecular weight excluding hydrogens is 260 g/mol. The quantitative estimate of drug-likeness (QED) is 0.785. The summed E-state index contributed by atoms with van der Waals surface area (Å²) in [6, 6.07) is 12.0. The van der Waals surface area contributed by atoms with E-state index in [1.807, 2.05) is 30.3 Å². The Morgan fingerprint density at radius 2 is 1.89 bits per heavy atom. The maximum atomic E-state index is 6.23. The lowest BCUT2D eigenvalue weighted by Gasteiger charge is -2.07. The van der Waals surface area contributed by atoms with Gasteiger partial charge in [0.25, 0.3) is 0 Å². The molecule has 2 nitrogen and oxygen atoms in total. The highest BCUT2D eigenvalue weighted by molar-refractivity contribution is 7.10. The Bertz CT molecular complexity index is 614. The largest absolute Gasteiger partial charge is 0.318 e. The molecule has 2 N–H and O–H groups in total. The molecule has 1 atom stereocenters. The molecule has 0 radical (unpaired) electrons. The van der Waals surface area contributed by atoms with Crippen molar-refractivity contribution in [1.29, 1.82) is 0 Å². The SMILES string of the molecule is NC(c1ccccc1)c1nc(-c2ccsc2)cs1. The fourth-order valence-electron chi connectivity index (χ4n) is 1.78. The first-order valence-electron chi connectivity index (χ1n) is 5.63. The Kier molecular flexibility index (Phi) is 3.23. The highest BCUT2D eigenvalue weighted by atomic mass is 32.1. The number of thiophene rings is 1. The molecule has 0 aliphatic heterocycles. The summed E-state index contributed by atoms with van der Waals surface area (Å²) in [6.07, 6.45) is 0.